The number of aliphatic hydroxyl groups is 2. The molecule has 3 N–H and O–H groups in total. The van der Waals surface area contributed by atoms with Crippen LogP contribution in [0.25, 0.3) is 0 Å². The lowest BCUT2D eigenvalue weighted by molar-refractivity contribution is -0.155. The van der Waals surface area contributed by atoms with E-state index >= 15 is 0 Å². The van der Waals surface area contributed by atoms with Crippen LogP contribution in [0.5, 0.6) is 0 Å². The molecule has 2 aromatic carbocycles. The number of thioether (sulfide) groups is 1. The van der Waals surface area contributed by atoms with Crippen molar-refractivity contribution in [2.45, 2.75) is 254 Å². The number of rotatable bonds is 42. The Morgan fingerprint density at radius 2 is 1.14 bits per heavy atom. The number of hydrogen-bond acceptors (Lipinski definition) is 10. The number of amides is 1. The largest absolute Gasteiger partial charge is 0.465 e. The van der Waals surface area contributed by atoms with E-state index in [2.05, 4.69) is 19.2 Å². The lowest BCUT2D eigenvalue weighted by Crippen LogP contribution is -2.50. The van der Waals surface area contributed by atoms with Crippen LogP contribution >= 0.6 is 11.8 Å². The van der Waals surface area contributed by atoms with Gasteiger partial charge in [0.15, 0.2) is 0 Å². The van der Waals surface area contributed by atoms with Crippen LogP contribution in [0, 0.1) is 11.8 Å². The summed E-state index contributed by atoms with van der Waals surface area (Å²) in [5, 5.41) is 24.6. The van der Waals surface area contributed by atoms with Gasteiger partial charge in [0.1, 0.15) is 12.2 Å². The normalized spacial score (nSPS) is 18.7. The van der Waals surface area contributed by atoms with Gasteiger partial charge in [-0.1, -0.05) is 217 Å². The molecule has 406 valence electrons. The van der Waals surface area contributed by atoms with Crippen molar-refractivity contribution in [3.63, 3.8) is 0 Å². The maximum Gasteiger partial charge on any atom is 0.338 e. The van der Waals surface area contributed by atoms with E-state index in [0.29, 0.717) is 18.4 Å². The van der Waals surface area contributed by atoms with Gasteiger partial charge in [-0.2, -0.15) is 0 Å². The number of hydrogen-bond donors (Lipinski definition) is 3. The van der Waals surface area contributed by atoms with Gasteiger partial charge in [0.2, 0.25) is 5.91 Å². The Morgan fingerprint density at radius 1 is 0.653 bits per heavy atom. The molecule has 1 saturated carbocycles. The number of carbonyl (C=O) groups is 4. The quantitative estimate of drug-likeness (QED) is 0.0254. The third-order valence-electron chi connectivity index (χ3n) is 14.2. The van der Waals surface area contributed by atoms with Gasteiger partial charge in [-0.25, -0.2) is 4.79 Å². The van der Waals surface area contributed by atoms with E-state index in [1.807, 2.05) is 49.4 Å². The van der Waals surface area contributed by atoms with Crippen LogP contribution in [0.2, 0.25) is 0 Å². The lowest BCUT2D eigenvalue weighted by atomic mass is 9.77. The minimum absolute atomic E-state index is 0.0625. The topological polar surface area (TPSA) is 148 Å². The zero-order valence-corrected chi connectivity index (χ0v) is 45.8. The Kier molecular flexibility index (Phi) is 35.4. The molecule has 1 fully saturated rings. The molecule has 2 unspecified atom stereocenters. The van der Waals surface area contributed by atoms with Gasteiger partial charge < -0.3 is 29.7 Å². The Labute approximate surface area is 440 Å². The van der Waals surface area contributed by atoms with Crippen LogP contribution in [0.1, 0.15) is 230 Å². The lowest BCUT2D eigenvalue weighted by Gasteiger charge is -2.42. The minimum atomic E-state index is -0.911. The second kappa shape index (κ2) is 40.7. The summed E-state index contributed by atoms with van der Waals surface area (Å²) >= 11 is 1.57. The molecule has 1 aliphatic carbocycles. The van der Waals surface area contributed by atoms with Crippen molar-refractivity contribution in [1.29, 1.82) is 0 Å². The van der Waals surface area contributed by atoms with E-state index < -0.39 is 60.7 Å². The number of carbonyl (C=O) groups excluding carboxylic acids is 4. The average Bonchev–Trinajstić information content (AvgIpc) is 3.39. The van der Waals surface area contributed by atoms with Crippen molar-refractivity contribution in [1.82, 2.24) is 5.32 Å². The molecule has 1 aliphatic rings. The molecule has 0 aromatic heterocycles. The number of ether oxygens (including phenoxy) is 3. The third-order valence-corrected chi connectivity index (χ3v) is 15.5. The molecule has 0 saturated heterocycles. The van der Waals surface area contributed by atoms with Crippen LogP contribution in [-0.2, 0) is 28.6 Å². The van der Waals surface area contributed by atoms with Gasteiger partial charge in [0.05, 0.1) is 43.8 Å². The van der Waals surface area contributed by atoms with E-state index in [1.54, 1.807) is 42.1 Å². The highest BCUT2D eigenvalue weighted by Crippen LogP contribution is 2.41. The maximum absolute atomic E-state index is 13.3. The molecule has 2 aromatic rings. The molecule has 0 radical (unpaired) electrons. The fraction of sp³-hybridized carbons (Fsp3) is 0.705. The molecular weight excluding hydrogens is 923 g/mol. The van der Waals surface area contributed by atoms with E-state index in [4.69, 9.17) is 14.2 Å². The van der Waals surface area contributed by atoms with Crippen molar-refractivity contribution < 1.29 is 43.6 Å². The zero-order chi connectivity index (χ0) is 51.9. The van der Waals surface area contributed by atoms with E-state index in [1.165, 1.54) is 135 Å². The monoisotopic (exact) mass is 1020 g/mol. The summed E-state index contributed by atoms with van der Waals surface area (Å²) in [5.74, 6) is -2.76. The van der Waals surface area contributed by atoms with Gasteiger partial charge in [0.25, 0.3) is 0 Å². The summed E-state index contributed by atoms with van der Waals surface area (Å²) in [7, 11) is 0. The number of unbranched alkanes of at least 4 members (excludes halogenated alkanes) is 25. The Balaban J connectivity index is 1.48. The van der Waals surface area contributed by atoms with E-state index in [0.717, 1.165) is 43.4 Å². The molecule has 0 bridgehead atoms. The highest BCUT2D eigenvalue weighted by Gasteiger charge is 2.45. The molecule has 7 atom stereocenters. The Bertz CT molecular complexity index is 1730. The summed E-state index contributed by atoms with van der Waals surface area (Å²) in [5.41, 5.74) is 0.432. The number of allylic oxidation sites excluding steroid dienone is 1. The van der Waals surface area contributed by atoms with Crippen molar-refractivity contribution in [2.24, 2.45) is 11.8 Å². The smallest absolute Gasteiger partial charge is 0.338 e. The van der Waals surface area contributed by atoms with Gasteiger partial charge >= 0.3 is 17.9 Å². The molecular formula is C61H97NO9S. The minimum Gasteiger partial charge on any atom is -0.465 e. The summed E-state index contributed by atoms with van der Waals surface area (Å²) < 4.78 is 17.6. The molecule has 0 heterocycles. The van der Waals surface area contributed by atoms with E-state index in [9.17, 15) is 29.4 Å². The predicted octanol–water partition coefficient (Wildman–Crippen LogP) is 14.6. The number of aliphatic hydroxyl groups excluding tert-OH is 2. The van der Waals surface area contributed by atoms with Gasteiger partial charge in [-0.15, -0.1) is 11.8 Å². The zero-order valence-electron chi connectivity index (χ0n) is 45.0. The SMILES string of the molecule is CCCCCCCCCCCCC/C=C/[C@@H](OC(=O)CCC(=O)OCC1C[C@@H](Sc2ccccc2)C(OC(=O)c2ccccc2)[C@@H](C)[C@H]1O)[C@H](CO)NC(=O)CCCCCCCCCCCCCCCCC. The Morgan fingerprint density at radius 3 is 1.67 bits per heavy atom. The molecule has 0 spiro atoms. The first-order valence-electron chi connectivity index (χ1n) is 28.7. The van der Waals surface area contributed by atoms with Gasteiger partial charge in [0, 0.05) is 28.4 Å². The first-order valence-corrected chi connectivity index (χ1v) is 29.6. The van der Waals surface area contributed by atoms with Gasteiger partial charge in [-0.3, -0.25) is 14.4 Å². The molecule has 11 heteroatoms. The first kappa shape index (κ1) is 62.6. The fourth-order valence-electron chi connectivity index (χ4n) is 9.71. The second-order valence-corrected chi connectivity index (χ2v) is 21.8. The number of esters is 3. The fourth-order valence-corrected chi connectivity index (χ4v) is 11.2. The van der Waals surface area contributed by atoms with Crippen LogP contribution in [-0.4, -0.2) is 76.8 Å². The van der Waals surface area contributed by atoms with Crippen molar-refractivity contribution in [3.8, 4) is 0 Å². The highest BCUT2D eigenvalue weighted by molar-refractivity contribution is 8.00. The van der Waals surface area contributed by atoms with E-state index in [-0.39, 0.29) is 30.6 Å². The first-order chi connectivity index (χ1) is 35.2. The van der Waals surface area contributed by atoms with Crippen molar-refractivity contribution in [3.05, 3.63) is 78.4 Å². The maximum atomic E-state index is 13.3. The summed E-state index contributed by atoms with van der Waals surface area (Å²) in [6, 6.07) is 17.8. The van der Waals surface area contributed by atoms with Crippen LogP contribution < -0.4 is 5.32 Å². The summed E-state index contributed by atoms with van der Waals surface area (Å²) in [6.07, 6.45) is 34.8. The van der Waals surface area contributed by atoms with Crippen LogP contribution in [0.3, 0.4) is 0 Å². The van der Waals surface area contributed by atoms with Crippen LogP contribution in [0.4, 0.5) is 0 Å². The Hall–Kier alpha value is -3.67. The van der Waals surface area contributed by atoms with Gasteiger partial charge in [-0.05, 0) is 56.0 Å². The standard InChI is InChI=1S/C61H97NO9S/c1-4-6-8-10-12-14-16-18-19-21-23-25-27-29-37-43-56(64)62-53(47-63)54(42-36-28-26-24-22-20-17-15-13-11-9-7-5-2)70-58(66)45-44-57(65)69-48-51-46-55(72-52-40-34-31-35-41-52)60(49(3)59(51)67)71-61(68)50-38-32-30-33-39-50/h30-36,38-42,49,51,53-55,59-60,63,67H,4-29,37,43-48H2,1-3H3,(H,62,64)/b42-36+/t49-,51?,53-,54+,55+,59+,60?/m0/s1. The molecule has 72 heavy (non-hydrogen) atoms. The highest BCUT2D eigenvalue weighted by atomic mass is 32.2. The average molecular weight is 1020 g/mol. The predicted molar refractivity (Wildman–Crippen MR) is 294 cm³/mol. The molecule has 3 rings (SSSR count). The van der Waals surface area contributed by atoms with Crippen molar-refractivity contribution in [2.75, 3.05) is 13.2 Å². The second-order valence-electron chi connectivity index (χ2n) is 20.5. The summed E-state index contributed by atoms with van der Waals surface area (Å²) in [6.45, 7) is 5.88. The molecule has 1 amide bonds. The van der Waals surface area contributed by atoms with Crippen LogP contribution in [0.15, 0.2) is 77.7 Å². The number of nitrogens with one attached hydrogen (secondary N) is 1. The summed E-state index contributed by atoms with van der Waals surface area (Å²) in [4.78, 5) is 53.8. The van der Waals surface area contributed by atoms with Crippen molar-refractivity contribution >= 4 is 35.6 Å². The number of benzene rings is 2. The molecule has 0 aliphatic heterocycles. The molecule has 10 nitrogen and oxygen atoms in total. The third kappa shape index (κ3) is 28.1.